The van der Waals surface area contributed by atoms with Crippen molar-refractivity contribution in [3.8, 4) is 0 Å². The summed E-state index contributed by atoms with van der Waals surface area (Å²) in [6, 6.07) is 6.41. The number of carbonyl (C=O) groups is 3. The third-order valence-corrected chi connectivity index (χ3v) is 3.67. The zero-order valence-corrected chi connectivity index (χ0v) is 13.9. The maximum absolute atomic E-state index is 12.0. The summed E-state index contributed by atoms with van der Waals surface area (Å²) in [7, 11) is 0. The first kappa shape index (κ1) is 18.9. The molecule has 1 heterocycles. The molecule has 2 rings (SSSR count). The summed E-state index contributed by atoms with van der Waals surface area (Å²) in [5.74, 6) is -0.734. The Balaban J connectivity index is 0.00000264. The van der Waals surface area contributed by atoms with Crippen molar-refractivity contribution in [2.45, 2.75) is 26.4 Å². The van der Waals surface area contributed by atoms with Crippen molar-refractivity contribution in [3.63, 3.8) is 0 Å². The van der Waals surface area contributed by atoms with E-state index >= 15 is 0 Å². The van der Waals surface area contributed by atoms with Crippen molar-refractivity contribution in [1.82, 2.24) is 10.2 Å². The number of amides is 4. The molecule has 2 unspecified atom stereocenters. The average Bonchev–Trinajstić information content (AvgIpc) is 2.78. The van der Waals surface area contributed by atoms with E-state index in [9.17, 15) is 14.4 Å². The molecule has 23 heavy (non-hydrogen) atoms. The van der Waals surface area contributed by atoms with Crippen LogP contribution in [-0.4, -0.2) is 35.3 Å². The lowest BCUT2D eigenvalue weighted by atomic mass is 10.0. The molecule has 4 amide bonds. The number of nitrogens with two attached hydrogens (primary N) is 1. The first-order valence-electron chi connectivity index (χ1n) is 7.12. The molecule has 1 saturated heterocycles. The Morgan fingerprint density at radius 1 is 1.39 bits per heavy atom. The van der Waals surface area contributed by atoms with Gasteiger partial charge in [-0.1, -0.05) is 19.1 Å². The maximum atomic E-state index is 12.0. The average molecular weight is 341 g/mol. The van der Waals surface area contributed by atoms with Crippen molar-refractivity contribution in [2.75, 3.05) is 11.9 Å². The monoisotopic (exact) mass is 340 g/mol. The van der Waals surface area contributed by atoms with Gasteiger partial charge in [-0.25, -0.2) is 4.79 Å². The number of benzene rings is 1. The van der Waals surface area contributed by atoms with Crippen LogP contribution in [0.3, 0.4) is 0 Å². The van der Waals surface area contributed by atoms with Gasteiger partial charge in [-0.3, -0.25) is 14.5 Å². The number of imide groups is 1. The fourth-order valence-electron chi connectivity index (χ4n) is 2.04. The van der Waals surface area contributed by atoms with E-state index in [4.69, 9.17) is 5.73 Å². The number of carbonyl (C=O) groups excluding carboxylic acids is 3. The van der Waals surface area contributed by atoms with E-state index in [1.54, 1.807) is 38.1 Å². The van der Waals surface area contributed by atoms with Gasteiger partial charge >= 0.3 is 6.03 Å². The normalized spacial score (nSPS) is 16.4. The lowest BCUT2D eigenvalue weighted by Crippen LogP contribution is -2.34. The second-order valence-electron chi connectivity index (χ2n) is 5.48. The molecule has 0 aromatic heterocycles. The Kier molecular flexibility index (Phi) is 6.53. The van der Waals surface area contributed by atoms with Crippen LogP contribution in [-0.2, 0) is 16.1 Å². The van der Waals surface area contributed by atoms with E-state index in [1.165, 1.54) is 0 Å². The van der Waals surface area contributed by atoms with Crippen molar-refractivity contribution in [1.29, 1.82) is 0 Å². The molecule has 0 aliphatic carbocycles. The van der Waals surface area contributed by atoms with Crippen LogP contribution in [0.1, 0.15) is 19.4 Å². The van der Waals surface area contributed by atoms with E-state index in [1.807, 2.05) is 0 Å². The van der Waals surface area contributed by atoms with Crippen molar-refractivity contribution in [3.05, 3.63) is 29.8 Å². The van der Waals surface area contributed by atoms with Crippen LogP contribution in [0.15, 0.2) is 24.3 Å². The van der Waals surface area contributed by atoms with Crippen LogP contribution in [0.4, 0.5) is 10.5 Å². The lowest BCUT2D eigenvalue weighted by molar-refractivity contribution is -0.125. The lowest BCUT2D eigenvalue weighted by Gasteiger charge is -2.16. The Morgan fingerprint density at radius 3 is 2.65 bits per heavy atom. The van der Waals surface area contributed by atoms with Gasteiger partial charge in [-0.05, 0) is 24.6 Å². The molecule has 1 aliphatic heterocycles. The second-order valence-corrected chi connectivity index (χ2v) is 5.48. The van der Waals surface area contributed by atoms with Crippen LogP contribution in [0.25, 0.3) is 0 Å². The highest BCUT2D eigenvalue weighted by molar-refractivity contribution is 6.01. The molecule has 0 bridgehead atoms. The minimum Gasteiger partial charge on any atom is -0.329 e. The molecule has 0 radical (unpaired) electrons. The minimum atomic E-state index is -0.398. The zero-order valence-electron chi connectivity index (χ0n) is 13.0. The number of rotatable bonds is 5. The van der Waals surface area contributed by atoms with Crippen LogP contribution in [0.2, 0.25) is 0 Å². The number of urea groups is 1. The number of nitrogens with one attached hydrogen (secondary N) is 2. The molecule has 7 nitrogen and oxygen atoms in total. The summed E-state index contributed by atoms with van der Waals surface area (Å²) < 4.78 is 0. The number of anilines is 1. The Labute approximate surface area is 141 Å². The van der Waals surface area contributed by atoms with Crippen LogP contribution < -0.4 is 16.4 Å². The third-order valence-electron chi connectivity index (χ3n) is 3.67. The zero-order chi connectivity index (χ0) is 16.3. The molecule has 1 aliphatic rings. The Morgan fingerprint density at radius 2 is 2.09 bits per heavy atom. The molecule has 126 valence electrons. The second kappa shape index (κ2) is 7.94. The molecular weight excluding hydrogens is 320 g/mol. The van der Waals surface area contributed by atoms with Gasteiger partial charge in [0.05, 0.1) is 19.0 Å². The summed E-state index contributed by atoms with van der Waals surface area (Å²) in [6.45, 7) is 3.74. The van der Waals surface area contributed by atoms with Gasteiger partial charge in [-0.15, -0.1) is 12.4 Å². The first-order valence-corrected chi connectivity index (χ1v) is 7.12. The quantitative estimate of drug-likeness (QED) is 0.697. The summed E-state index contributed by atoms with van der Waals surface area (Å²) in [6.07, 6.45) is 0. The van der Waals surface area contributed by atoms with Crippen molar-refractivity contribution < 1.29 is 14.4 Å². The summed E-state index contributed by atoms with van der Waals surface area (Å²) >= 11 is 0. The van der Waals surface area contributed by atoms with Gasteiger partial charge in [0.25, 0.3) is 0 Å². The number of hydrogen-bond donors (Lipinski definition) is 3. The van der Waals surface area contributed by atoms with Gasteiger partial charge in [0.1, 0.15) is 0 Å². The summed E-state index contributed by atoms with van der Waals surface area (Å²) in [5.41, 5.74) is 7.08. The maximum Gasteiger partial charge on any atom is 0.324 e. The van der Waals surface area contributed by atoms with Crippen LogP contribution in [0.5, 0.6) is 0 Å². The van der Waals surface area contributed by atoms with Crippen LogP contribution >= 0.6 is 12.4 Å². The number of hydrogen-bond acceptors (Lipinski definition) is 4. The van der Waals surface area contributed by atoms with Crippen LogP contribution in [0, 0.1) is 5.92 Å². The Bertz CT molecular complexity index is 590. The highest BCUT2D eigenvalue weighted by Crippen LogP contribution is 2.15. The molecule has 4 N–H and O–H groups in total. The standard InChI is InChI=1S/C15H20N4O3.ClH/c1-9(10(2)16)14(21)18-12-5-3-4-11(6-12)8-19-13(20)7-17-15(19)22;/h3-6,9-10H,7-8,16H2,1-2H3,(H,17,22)(H,18,21);1H. The highest BCUT2D eigenvalue weighted by atomic mass is 35.5. The van der Waals surface area contributed by atoms with E-state index in [0.717, 1.165) is 10.5 Å². The van der Waals surface area contributed by atoms with Crippen molar-refractivity contribution >= 4 is 35.9 Å². The molecule has 0 saturated carbocycles. The van der Waals surface area contributed by atoms with Gasteiger partial charge in [0.2, 0.25) is 11.8 Å². The Hall–Kier alpha value is -2.12. The molecule has 8 heteroatoms. The molecule has 1 fully saturated rings. The first-order chi connectivity index (χ1) is 10.4. The molecule has 1 aromatic carbocycles. The largest absolute Gasteiger partial charge is 0.329 e. The topological polar surface area (TPSA) is 105 Å². The predicted molar refractivity (Wildman–Crippen MR) is 89.1 cm³/mol. The van der Waals surface area contributed by atoms with E-state index in [2.05, 4.69) is 10.6 Å². The minimum absolute atomic E-state index is 0. The molecule has 2 atom stereocenters. The fraction of sp³-hybridized carbons (Fsp3) is 0.400. The van der Waals surface area contributed by atoms with E-state index in [0.29, 0.717) is 5.69 Å². The molecule has 0 spiro atoms. The molecular formula is C15H21ClN4O3. The van der Waals surface area contributed by atoms with Gasteiger partial charge in [0.15, 0.2) is 0 Å². The third kappa shape index (κ3) is 4.67. The van der Waals surface area contributed by atoms with Crippen molar-refractivity contribution in [2.24, 2.45) is 11.7 Å². The fourth-order valence-corrected chi connectivity index (χ4v) is 2.04. The van der Waals surface area contributed by atoms with E-state index < -0.39 is 6.03 Å². The summed E-state index contributed by atoms with van der Waals surface area (Å²) in [5, 5.41) is 5.26. The number of halogens is 1. The highest BCUT2D eigenvalue weighted by Gasteiger charge is 2.28. The van der Waals surface area contributed by atoms with Gasteiger partial charge < -0.3 is 16.4 Å². The molecule has 1 aromatic rings. The van der Waals surface area contributed by atoms with Gasteiger partial charge in [-0.2, -0.15) is 0 Å². The smallest absolute Gasteiger partial charge is 0.324 e. The predicted octanol–water partition coefficient (Wildman–Crippen LogP) is 1.08. The van der Waals surface area contributed by atoms with E-state index in [-0.39, 0.29) is 49.3 Å². The summed E-state index contributed by atoms with van der Waals surface area (Å²) in [4.78, 5) is 36.2. The SMILES string of the molecule is CC(N)C(C)C(=O)Nc1cccc(CN2C(=O)CNC2=O)c1.Cl. The number of nitrogens with zero attached hydrogens (tertiary/aromatic N) is 1. The van der Waals surface area contributed by atoms with Gasteiger partial charge in [0, 0.05) is 11.7 Å².